The van der Waals surface area contributed by atoms with E-state index in [9.17, 15) is 34.2 Å². The van der Waals surface area contributed by atoms with Crippen molar-refractivity contribution < 1.29 is 34.2 Å². The van der Waals surface area contributed by atoms with Gasteiger partial charge in [-0.15, -0.1) is 0 Å². The molecular weight excluding hydrogens is 550 g/mol. The highest BCUT2D eigenvalue weighted by Crippen LogP contribution is 2.51. The Morgan fingerprint density at radius 2 is 1.80 bits per heavy atom. The molecule has 1 amide bonds. The van der Waals surface area contributed by atoms with Crippen molar-refractivity contribution in [1.29, 1.82) is 0 Å². The van der Waals surface area contributed by atoms with Crippen molar-refractivity contribution in [2.24, 2.45) is 34.8 Å². The van der Waals surface area contributed by atoms with Gasteiger partial charge in [0.15, 0.2) is 34.7 Å². The van der Waals surface area contributed by atoms with Crippen molar-refractivity contribution in [1.82, 2.24) is 10.2 Å². The summed E-state index contributed by atoms with van der Waals surface area (Å²) in [5.74, 6) is -10.7. The first-order valence-corrected chi connectivity index (χ1v) is 14.7. The van der Waals surface area contributed by atoms with E-state index in [0.717, 1.165) is 19.4 Å². The van der Waals surface area contributed by atoms with E-state index in [2.05, 4.69) is 12.2 Å². The number of ketones is 4. The molecular formula is C30H38ClN3O7. The number of carbonyl (C=O) groups excluding carboxylic acids is 5. The Labute approximate surface area is 244 Å². The molecule has 0 aromatic heterocycles. The van der Waals surface area contributed by atoms with Crippen LogP contribution in [0.1, 0.15) is 66.9 Å². The summed E-state index contributed by atoms with van der Waals surface area (Å²) in [5.41, 5.74) is 3.76. The van der Waals surface area contributed by atoms with Gasteiger partial charge in [-0.2, -0.15) is 0 Å². The molecule has 1 aromatic carbocycles. The molecule has 2 unspecified atom stereocenters. The van der Waals surface area contributed by atoms with Crippen LogP contribution in [-0.4, -0.2) is 76.4 Å². The fourth-order valence-corrected chi connectivity index (χ4v) is 8.21. The zero-order valence-electron chi connectivity index (χ0n) is 23.7. The first-order valence-electron chi connectivity index (χ1n) is 14.3. The number of nitrogens with two attached hydrogens (primary N) is 1. The Bertz CT molecular complexity index is 1340. The second kappa shape index (κ2) is 10.6. The van der Waals surface area contributed by atoms with Gasteiger partial charge in [-0.25, -0.2) is 0 Å². The maximum Gasteiger partial charge on any atom is 0.235 e. The van der Waals surface area contributed by atoms with Crippen LogP contribution in [0.25, 0.3) is 0 Å². The van der Waals surface area contributed by atoms with Crippen LogP contribution in [0, 0.1) is 29.1 Å². The van der Waals surface area contributed by atoms with Crippen LogP contribution >= 0.6 is 11.6 Å². The summed E-state index contributed by atoms with van der Waals surface area (Å²) in [7, 11) is 3.10. The molecule has 1 aromatic rings. The predicted molar refractivity (Wildman–Crippen MR) is 149 cm³/mol. The molecule has 0 bridgehead atoms. The third-order valence-electron chi connectivity index (χ3n) is 10.00. The van der Waals surface area contributed by atoms with Crippen LogP contribution in [0.15, 0.2) is 6.07 Å². The van der Waals surface area contributed by atoms with Gasteiger partial charge in [0, 0.05) is 24.0 Å². The Morgan fingerprint density at radius 1 is 1.15 bits per heavy atom. The smallest absolute Gasteiger partial charge is 0.235 e. The molecule has 4 aliphatic carbocycles. The number of aromatic hydroxyl groups is 1. The standard InChI is InChI=1S/C30H38ClN3O7/c1-29(7-5-4-6-8-29)13-33-12-15-11-18(35)20-16(22(15)31)9-14-10-17-23(34(2)3)25(37)21(28(32)40)27(39)30(17,41)26(38)19(14)24(20)36/h11,14,17,19,21,23,33,35,41H,4-10,12-13H2,1-3H3,(H2,32,40)/t14-,17-,19?,21?,23-,30-/m0/s1. The lowest BCUT2D eigenvalue weighted by Gasteiger charge is -2.52. The Hall–Kier alpha value is -2.66. The molecule has 0 aliphatic heterocycles. The molecule has 6 atom stereocenters. The van der Waals surface area contributed by atoms with Crippen LogP contribution in [0.5, 0.6) is 5.75 Å². The topological polar surface area (TPSA) is 167 Å². The van der Waals surface area contributed by atoms with Crippen molar-refractivity contribution in [2.45, 2.75) is 70.1 Å². The van der Waals surface area contributed by atoms with E-state index in [-0.39, 0.29) is 29.6 Å². The normalized spacial score (nSPS) is 32.9. The van der Waals surface area contributed by atoms with Gasteiger partial charge in [-0.1, -0.05) is 37.8 Å². The fraction of sp³-hybridized carbons (Fsp3) is 0.633. The lowest BCUT2D eigenvalue weighted by Crippen LogP contribution is -2.74. The number of hydrogen-bond acceptors (Lipinski definition) is 9. The first-order chi connectivity index (χ1) is 19.2. The second-order valence-electron chi connectivity index (χ2n) is 13.0. The number of Topliss-reactive ketones (excluding diaryl/α,β-unsaturated/α-hetero) is 4. The highest BCUT2D eigenvalue weighted by Gasteiger charge is 2.69. The van der Waals surface area contributed by atoms with E-state index in [1.54, 1.807) is 14.1 Å². The lowest BCUT2D eigenvalue weighted by atomic mass is 9.52. The molecule has 4 aliphatic rings. The predicted octanol–water partition coefficient (Wildman–Crippen LogP) is 1.58. The fourth-order valence-electron chi connectivity index (χ4n) is 7.92. The molecule has 0 saturated heterocycles. The SMILES string of the molecule is CN(C)[C@@H]1C(=O)C(C(N)=O)C(=O)[C@@]2(O)C(=O)C3C(=O)c4c(O)cc(CNCC5(C)CCCCC5)c(Cl)c4C[C@H]3C[C@@H]12. The number of phenolic OH excluding ortho intramolecular Hbond substituents is 1. The maximum atomic E-state index is 13.9. The Kier molecular flexibility index (Phi) is 7.68. The first kappa shape index (κ1) is 29.8. The average Bonchev–Trinajstić information content (AvgIpc) is 2.88. The highest BCUT2D eigenvalue weighted by molar-refractivity contribution is 6.34. The van der Waals surface area contributed by atoms with E-state index in [4.69, 9.17) is 17.3 Å². The van der Waals surface area contributed by atoms with Crippen LogP contribution in [0.4, 0.5) is 0 Å². The number of nitrogens with zero attached hydrogens (tertiary/aromatic N) is 1. The number of likely N-dealkylation sites (N-methyl/N-ethyl adjacent to an activating group) is 1. The number of halogens is 1. The Balaban J connectivity index is 1.48. The number of aliphatic hydroxyl groups is 1. The van der Waals surface area contributed by atoms with Gasteiger partial charge in [0.1, 0.15) is 5.75 Å². The molecule has 3 fully saturated rings. The van der Waals surface area contributed by atoms with Crippen molar-refractivity contribution in [2.75, 3.05) is 20.6 Å². The summed E-state index contributed by atoms with van der Waals surface area (Å²) in [6, 6.07) is 0.285. The van der Waals surface area contributed by atoms with Crippen LogP contribution in [0.3, 0.4) is 0 Å². The molecule has 0 spiro atoms. The summed E-state index contributed by atoms with van der Waals surface area (Å²) >= 11 is 6.83. The van der Waals surface area contributed by atoms with E-state index in [1.165, 1.54) is 30.2 Å². The minimum Gasteiger partial charge on any atom is -0.507 e. The van der Waals surface area contributed by atoms with Crippen molar-refractivity contribution >= 4 is 40.6 Å². The van der Waals surface area contributed by atoms with E-state index in [1.807, 2.05) is 0 Å². The molecule has 3 saturated carbocycles. The maximum absolute atomic E-state index is 13.9. The summed E-state index contributed by atoms with van der Waals surface area (Å²) in [4.78, 5) is 67.8. The van der Waals surface area contributed by atoms with Crippen LogP contribution in [-0.2, 0) is 32.1 Å². The molecule has 41 heavy (non-hydrogen) atoms. The number of rotatable bonds is 6. The van der Waals surface area contributed by atoms with Crippen molar-refractivity contribution in [3.8, 4) is 5.75 Å². The molecule has 11 heteroatoms. The van der Waals surface area contributed by atoms with Gasteiger partial charge in [0.2, 0.25) is 5.91 Å². The van der Waals surface area contributed by atoms with Gasteiger partial charge in [0.05, 0.1) is 17.5 Å². The van der Waals surface area contributed by atoms with E-state index < -0.39 is 64.4 Å². The summed E-state index contributed by atoms with van der Waals surface area (Å²) in [6.45, 7) is 3.44. The van der Waals surface area contributed by atoms with Crippen molar-refractivity contribution in [3.63, 3.8) is 0 Å². The van der Waals surface area contributed by atoms with Crippen molar-refractivity contribution in [3.05, 3.63) is 27.8 Å². The number of phenols is 1. The van der Waals surface area contributed by atoms with Gasteiger partial charge in [-0.05, 0) is 68.3 Å². The number of nitrogens with one attached hydrogen (secondary N) is 1. The number of fused-ring (bicyclic) bond motifs is 3. The summed E-state index contributed by atoms with van der Waals surface area (Å²) < 4.78 is 0. The highest BCUT2D eigenvalue weighted by atomic mass is 35.5. The number of benzene rings is 1. The number of carbonyl (C=O) groups is 5. The number of primary amides is 1. The largest absolute Gasteiger partial charge is 0.507 e. The number of amides is 1. The zero-order valence-corrected chi connectivity index (χ0v) is 24.4. The third kappa shape index (κ3) is 4.63. The molecule has 5 N–H and O–H groups in total. The molecule has 0 heterocycles. The van der Waals surface area contributed by atoms with Gasteiger partial charge >= 0.3 is 0 Å². The molecule has 10 nitrogen and oxygen atoms in total. The zero-order chi connectivity index (χ0) is 30.0. The minimum atomic E-state index is -2.74. The average molecular weight is 588 g/mol. The van der Waals surface area contributed by atoms with Crippen LogP contribution in [0.2, 0.25) is 5.02 Å². The summed E-state index contributed by atoms with van der Waals surface area (Å²) in [5, 5.41) is 26.4. The third-order valence-corrected chi connectivity index (χ3v) is 10.5. The van der Waals surface area contributed by atoms with Gasteiger partial charge in [0.25, 0.3) is 0 Å². The minimum absolute atomic E-state index is 0.0121. The van der Waals surface area contributed by atoms with E-state index in [0.29, 0.717) is 22.7 Å². The Morgan fingerprint density at radius 3 is 2.41 bits per heavy atom. The monoisotopic (exact) mass is 587 g/mol. The molecule has 5 rings (SSSR count). The quantitative estimate of drug-likeness (QED) is 0.361. The second-order valence-corrected chi connectivity index (χ2v) is 13.4. The van der Waals surface area contributed by atoms with E-state index >= 15 is 0 Å². The van der Waals surface area contributed by atoms with Gasteiger partial charge in [-0.3, -0.25) is 28.9 Å². The number of hydrogen-bond donors (Lipinski definition) is 4. The summed E-state index contributed by atoms with van der Waals surface area (Å²) in [6.07, 6.45) is 6.06. The van der Waals surface area contributed by atoms with Crippen LogP contribution < -0.4 is 11.1 Å². The molecule has 0 radical (unpaired) electrons. The van der Waals surface area contributed by atoms with Gasteiger partial charge < -0.3 is 21.3 Å². The molecule has 222 valence electrons. The lowest BCUT2D eigenvalue weighted by molar-refractivity contribution is -0.181.